The van der Waals surface area contributed by atoms with Gasteiger partial charge in [-0.3, -0.25) is 4.79 Å². The van der Waals surface area contributed by atoms with Crippen molar-refractivity contribution in [2.24, 2.45) is 0 Å². The van der Waals surface area contributed by atoms with Crippen LogP contribution in [0, 0.1) is 6.92 Å². The van der Waals surface area contributed by atoms with Gasteiger partial charge in [0.15, 0.2) is 18.1 Å². The summed E-state index contributed by atoms with van der Waals surface area (Å²) < 4.78 is 16.5. The van der Waals surface area contributed by atoms with Crippen molar-refractivity contribution in [1.29, 1.82) is 0 Å². The van der Waals surface area contributed by atoms with Crippen LogP contribution in [0.4, 0.5) is 5.69 Å². The molecule has 1 amide bonds. The lowest BCUT2D eigenvalue weighted by Crippen LogP contribution is -2.20. The molecule has 6 nitrogen and oxygen atoms in total. The topological polar surface area (TPSA) is 68.8 Å². The summed E-state index contributed by atoms with van der Waals surface area (Å²) in [5, 5.41) is 6.54. The van der Waals surface area contributed by atoms with Gasteiger partial charge in [0, 0.05) is 24.3 Å². The van der Waals surface area contributed by atoms with E-state index in [1.54, 1.807) is 13.2 Å². The zero-order valence-electron chi connectivity index (χ0n) is 18.4. The molecule has 3 aromatic carbocycles. The Morgan fingerprint density at radius 3 is 2.38 bits per heavy atom. The number of ether oxygens (including phenoxy) is 3. The average molecular weight is 455 g/mol. The number of rotatable bonds is 10. The molecule has 0 aliphatic rings. The minimum Gasteiger partial charge on any atom is -0.496 e. The van der Waals surface area contributed by atoms with Gasteiger partial charge in [0.2, 0.25) is 0 Å². The van der Waals surface area contributed by atoms with Crippen LogP contribution in [-0.2, 0) is 17.9 Å². The van der Waals surface area contributed by atoms with Gasteiger partial charge in [0.25, 0.3) is 5.91 Å². The van der Waals surface area contributed by atoms with Crippen LogP contribution in [0.25, 0.3) is 0 Å². The van der Waals surface area contributed by atoms with E-state index >= 15 is 0 Å². The summed E-state index contributed by atoms with van der Waals surface area (Å²) >= 11 is 6.43. The molecule has 32 heavy (non-hydrogen) atoms. The molecular weight excluding hydrogens is 428 g/mol. The first-order valence-electron chi connectivity index (χ1n) is 10.2. The molecule has 0 fully saturated rings. The lowest BCUT2D eigenvalue weighted by Gasteiger charge is -2.15. The summed E-state index contributed by atoms with van der Waals surface area (Å²) in [7, 11) is 3.19. The number of anilines is 1. The van der Waals surface area contributed by atoms with Gasteiger partial charge in [-0.25, -0.2) is 0 Å². The number of benzene rings is 3. The van der Waals surface area contributed by atoms with Crippen molar-refractivity contribution in [2.75, 3.05) is 26.1 Å². The first-order chi connectivity index (χ1) is 15.5. The Bertz CT molecular complexity index is 1050. The minimum atomic E-state index is -0.283. The highest BCUT2D eigenvalue weighted by Gasteiger charge is 2.14. The fraction of sp³-hybridized carbons (Fsp3) is 0.240. The Morgan fingerprint density at radius 2 is 1.66 bits per heavy atom. The van der Waals surface area contributed by atoms with Crippen LogP contribution in [0.15, 0.2) is 60.7 Å². The van der Waals surface area contributed by atoms with Crippen molar-refractivity contribution in [3.05, 3.63) is 82.4 Å². The van der Waals surface area contributed by atoms with Gasteiger partial charge in [-0.05, 0) is 42.8 Å². The number of para-hydroxylation sites is 1. The summed E-state index contributed by atoms with van der Waals surface area (Å²) in [5.41, 5.74) is 3.82. The van der Waals surface area contributed by atoms with E-state index in [0.29, 0.717) is 35.3 Å². The average Bonchev–Trinajstić information content (AvgIpc) is 2.80. The van der Waals surface area contributed by atoms with Gasteiger partial charge in [-0.1, -0.05) is 47.5 Å². The van der Waals surface area contributed by atoms with Gasteiger partial charge in [0.05, 0.1) is 19.2 Å². The third kappa shape index (κ3) is 6.39. The lowest BCUT2D eigenvalue weighted by molar-refractivity contribution is -0.118. The summed E-state index contributed by atoms with van der Waals surface area (Å²) in [5.74, 6) is 1.36. The van der Waals surface area contributed by atoms with E-state index in [-0.39, 0.29) is 12.5 Å². The van der Waals surface area contributed by atoms with Gasteiger partial charge < -0.3 is 24.8 Å². The highest BCUT2D eigenvalue weighted by molar-refractivity contribution is 6.32. The number of halogens is 1. The SMILES string of the molecule is COc1ccccc1CNCc1cc(Cl)c(OCC(=O)Nc2ccc(C)cc2)c(OC)c1. The van der Waals surface area contributed by atoms with Gasteiger partial charge in [0.1, 0.15) is 5.75 Å². The first kappa shape index (κ1) is 23.4. The van der Waals surface area contributed by atoms with Gasteiger partial charge in [-0.15, -0.1) is 0 Å². The highest BCUT2D eigenvalue weighted by Crippen LogP contribution is 2.36. The predicted octanol–water partition coefficient (Wildman–Crippen LogP) is 4.97. The zero-order valence-corrected chi connectivity index (χ0v) is 19.2. The molecule has 3 rings (SSSR count). The smallest absolute Gasteiger partial charge is 0.262 e. The molecule has 168 valence electrons. The van der Waals surface area contributed by atoms with Gasteiger partial charge in [-0.2, -0.15) is 0 Å². The standard InChI is InChI=1S/C25H27ClN2O4/c1-17-8-10-20(11-9-17)28-24(29)16-32-25-21(26)12-18(13-23(25)31-3)14-27-15-19-6-4-5-7-22(19)30-2/h4-13,27H,14-16H2,1-3H3,(H,28,29). The minimum absolute atomic E-state index is 0.185. The fourth-order valence-electron chi connectivity index (χ4n) is 3.18. The van der Waals surface area contributed by atoms with Crippen molar-refractivity contribution < 1.29 is 19.0 Å². The van der Waals surface area contributed by atoms with Crippen molar-refractivity contribution >= 4 is 23.2 Å². The van der Waals surface area contributed by atoms with Crippen molar-refractivity contribution in [1.82, 2.24) is 5.32 Å². The summed E-state index contributed by atoms with van der Waals surface area (Å²) in [6, 6.07) is 19.0. The van der Waals surface area contributed by atoms with Crippen LogP contribution in [0.2, 0.25) is 5.02 Å². The quantitative estimate of drug-likeness (QED) is 0.452. The molecule has 3 aromatic rings. The van der Waals surface area contributed by atoms with Gasteiger partial charge >= 0.3 is 0 Å². The number of carbonyl (C=O) groups excluding carboxylic acids is 1. The number of nitrogens with one attached hydrogen (secondary N) is 2. The van der Waals surface area contributed by atoms with Crippen molar-refractivity contribution in [3.8, 4) is 17.2 Å². The molecule has 0 bridgehead atoms. The molecule has 0 unspecified atom stereocenters. The Morgan fingerprint density at radius 1 is 0.938 bits per heavy atom. The Hall–Kier alpha value is -3.22. The van der Waals surface area contributed by atoms with E-state index in [4.69, 9.17) is 25.8 Å². The molecule has 0 radical (unpaired) electrons. The Labute approximate surface area is 193 Å². The van der Waals surface area contributed by atoms with E-state index in [2.05, 4.69) is 10.6 Å². The lowest BCUT2D eigenvalue weighted by atomic mass is 10.1. The first-order valence-corrected chi connectivity index (χ1v) is 10.6. The van der Waals surface area contributed by atoms with Crippen LogP contribution < -0.4 is 24.8 Å². The molecular formula is C25H27ClN2O4. The normalized spacial score (nSPS) is 10.5. The summed E-state index contributed by atoms with van der Waals surface area (Å²) in [6.07, 6.45) is 0. The molecule has 0 saturated heterocycles. The number of amides is 1. The summed E-state index contributed by atoms with van der Waals surface area (Å²) in [4.78, 5) is 12.2. The second kappa shape index (κ2) is 11.4. The maximum atomic E-state index is 12.2. The Balaban J connectivity index is 1.59. The van der Waals surface area contributed by atoms with E-state index in [0.717, 1.165) is 22.4 Å². The van der Waals surface area contributed by atoms with E-state index in [1.807, 2.05) is 61.5 Å². The summed E-state index contributed by atoms with van der Waals surface area (Å²) in [6.45, 7) is 3.01. The Kier molecular flexibility index (Phi) is 8.36. The van der Waals surface area contributed by atoms with Crippen LogP contribution in [0.3, 0.4) is 0 Å². The third-order valence-electron chi connectivity index (χ3n) is 4.81. The monoisotopic (exact) mass is 454 g/mol. The van der Waals surface area contributed by atoms with E-state index in [1.165, 1.54) is 7.11 Å². The number of hydrogen-bond acceptors (Lipinski definition) is 5. The van der Waals surface area contributed by atoms with Crippen molar-refractivity contribution in [3.63, 3.8) is 0 Å². The number of hydrogen-bond donors (Lipinski definition) is 2. The molecule has 2 N–H and O–H groups in total. The van der Waals surface area contributed by atoms with Crippen LogP contribution in [-0.4, -0.2) is 26.7 Å². The molecule has 7 heteroatoms. The molecule has 0 atom stereocenters. The van der Waals surface area contributed by atoms with Crippen LogP contribution >= 0.6 is 11.6 Å². The molecule has 0 heterocycles. The highest BCUT2D eigenvalue weighted by atomic mass is 35.5. The number of carbonyl (C=O) groups is 1. The second-order valence-corrected chi connectivity index (χ2v) is 7.63. The molecule has 0 aliphatic heterocycles. The van der Waals surface area contributed by atoms with Crippen LogP contribution in [0.5, 0.6) is 17.2 Å². The zero-order chi connectivity index (χ0) is 22.9. The molecule has 0 aliphatic carbocycles. The molecule has 0 saturated carbocycles. The molecule has 0 spiro atoms. The van der Waals surface area contributed by atoms with Crippen molar-refractivity contribution in [2.45, 2.75) is 20.0 Å². The number of methoxy groups -OCH3 is 2. The third-order valence-corrected chi connectivity index (χ3v) is 5.09. The van der Waals surface area contributed by atoms with E-state index in [9.17, 15) is 4.79 Å². The second-order valence-electron chi connectivity index (χ2n) is 7.23. The van der Waals surface area contributed by atoms with Crippen LogP contribution in [0.1, 0.15) is 16.7 Å². The number of aryl methyl sites for hydroxylation is 1. The fourth-order valence-corrected chi connectivity index (χ4v) is 3.47. The maximum Gasteiger partial charge on any atom is 0.262 e. The maximum absolute atomic E-state index is 12.2. The van der Waals surface area contributed by atoms with E-state index < -0.39 is 0 Å². The largest absolute Gasteiger partial charge is 0.496 e. The molecule has 0 aromatic heterocycles. The predicted molar refractivity (Wildman–Crippen MR) is 127 cm³/mol.